The summed E-state index contributed by atoms with van der Waals surface area (Å²) in [5.41, 5.74) is 1.17. The molecule has 4 rings (SSSR count). The van der Waals surface area contributed by atoms with Crippen molar-refractivity contribution in [1.29, 1.82) is 0 Å². The molecule has 0 saturated heterocycles. The van der Waals surface area contributed by atoms with E-state index in [1.807, 2.05) is 0 Å². The molecule has 0 aliphatic heterocycles. The number of rotatable bonds is 10. The third kappa shape index (κ3) is 5.18. The number of esters is 1. The number of ether oxygens (including phenoxy) is 1. The van der Waals surface area contributed by atoms with E-state index in [2.05, 4.69) is 26.8 Å². The molecule has 7 atom stereocenters. The number of fused-ring (bicyclic) bond motifs is 5. The Bertz CT molecular complexity index is 843. The van der Waals surface area contributed by atoms with Crippen molar-refractivity contribution in [3.05, 3.63) is 11.6 Å². The summed E-state index contributed by atoms with van der Waals surface area (Å²) in [6, 6.07) is 0. The van der Waals surface area contributed by atoms with Crippen LogP contribution in [0.5, 0.6) is 0 Å². The van der Waals surface area contributed by atoms with Gasteiger partial charge in [0.15, 0.2) is 0 Å². The van der Waals surface area contributed by atoms with Crippen LogP contribution in [-0.4, -0.2) is 23.6 Å². The summed E-state index contributed by atoms with van der Waals surface area (Å²) in [5, 5.41) is 0. The molecule has 4 aliphatic carbocycles. The van der Waals surface area contributed by atoms with Crippen LogP contribution in [0.3, 0.4) is 0 Å². The quantitative estimate of drug-likeness (QED) is 0.184. The number of Topliss-reactive ketones (excluding diaryl/α,β-unsaturated/α-hetero) is 2. The maximum atomic E-state index is 13.8. The molecule has 3 fully saturated rings. The largest absolute Gasteiger partial charge is 0.462 e. The second-order valence-electron chi connectivity index (χ2n) is 12.7. The predicted molar refractivity (Wildman–Crippen MR) is 139 cm³/mol. The van der Waals surface area contributed by atoms with Gasteiger partial charge in [0.2, 0.25) is 0 Å². The average Bonchev–Trinajstić information content (AvgIpc) is 3.12. The molecule has 4 nitrogen and oxygen atoms in total. The van der Waals surface area contributed by atoms with Crippen LogP contribution in [0.25, 0.3) is 0 Å². The Kier molecular flexibility index (Phi) is 8.28. The second kappa shape index (κ2) is 10.9. The zero-order valence-electron chi connectivity index (χ0n) is 22.7. The van der Waals surface area contributed by atoms with Crippen LogP contribution in [0, 0.1) is 34.5 Å². The summed E-state index contributed by atoms with van der Waals surface area (Å²) in [6.07, 6.45) is 17.7. The van der Waals surface area contributed by atoms with Crippen molar-refractivity contribution in [1.82, 2.24) is 0 Å². The molecular formula is C31H48O4. The van der Waals surface area contributed by atoms with Gasteiger partial charge in [-0.05, 0) is 61.7 Å². The lowest BCUT2D eigenvalue weighted by Gasteiger charge is -2.58. The molecule has 0 N–H and O–H groups in total. The van der Waals surface area contributed by atoms with Crippen molar-refractivity contribution in [2.24, 2.45) is 34.5 Å². The van der Waals surface area contributed by atoms with Gasteiger partial charge in [-0.1, -0.05) is 70.9 Å². The lowest BCUT2D eigenvalue weighted by atomic mass is 9.45. The number of carbonyl (C=O) groups is 3. The van der Waals surface area contributed by atoms with Crippen molar-refractivity contribution >= 4 is 17.5 Å². The molecule has 35 heavy (non-hydrogen) atoms. The van der Waals surface area contributed by atoms with Crippen molar-refractivity contribution in [3.8, 4) is 0 Å². The normalized spacial score (nSPS) is 38.2. The summed E-state index contributed by atoms with van der Waals surface area (Å²) in [5.74, 6) is 1.60. The van der Waals surface area contributed by atoms with Gasteiger partial charge in [-0.2, -0.15) is 0 Å². The molecule has 4 heteroatoms. The van der Waals surface area contributed by atoms with Crippen molar-refractivity contribution in [2.75, 3.05) is 0 Å². The third-order valence-corrected chi connectivity index (χ3v) is 10.6. The Hall–Kier alpha value is -1.45. The number of ketones is 2. The van der Waals surface area contributed by atoms with Crippen LogP contribution < -0.4 is 0 Å². The van der Waals surface area contributed by atoms with E-state index in [1.54, 1.807) is 0 Å². The van der Waals surface area contributed by atoms with Gasteiger partial charge in [-0.15, -0.1) is 0 Å². The molecule has 0 aromatic carbocycles. The van der Waals surface area contributed by atoms with E-state index in [-0.39, 0.29) is 34.7 Å². The Labute approximate surface area is 213 Å². The molecule has 0 spiro atoms. The standard InChI is InChI=1S/C31H48O4/c1-5-6-7-8-9-10-11-12-27(33)24-20-22-19-23(35-21(2)32)15-17-30(22,3)26-16-18-31(4)25(29(24)26)13-14-28(31)34/h20,23-26,29H,5-19H2,1-4H3/t23-,24?,25-,26-,29-,30-,31-/m0/s1. The minimum Gasteiger partial charge on any atom is -0.462 e. The van der Waals surface area contributed by atoms with Crippen LogP contribution in [0.4, 0.5) is 0 Å². The Morgan fingerprint density at radius 2 is 1.60 bits per heavy atom. The molecule has 0 aromatic heterocycles. The zero-order valence-corrected chi connectivity index (χ0v) is 22.7. The van der Waals surface area contributed by atoms with Crippen LogP contribution in [-0.2, 0) is 19.1 Å². The highest BCUT2D eigenvalue weighted by Crippen LogP contribution is 2.65. The van der Waals surface area contributed by atoms with Crippen molar-refractivity contribution in [2.45, 2.75) is 130 Å². The van der Waals surface area contributed by atoms with Gasteiger partial charge in [0.1, 0.15) is 17.7 Å². The molecule has 0 heterocycles. The van der Waals surface area contributed by atoms with Crippen LogP contribution in [0.2, 0.25) is 0 Å². The number of hydrogen-bond donors (Lipinski definition) is 0. The van der Waals surface area contributed by atoms with E-state index in [0.29, 0.717) is 36.2 Å². The van der Waals surface area contributed by atoms with Crippen molar-refractivity contribution in [3.63, 3.8) is 0 Å². The fraction of sp³-hybridized carbons (Fsp3) is 0.839. The van der Waals surface area contributed by atoms with E-state index in [0.717, 1.165) is 51.4 Å². The predicted octanol–water partition coefficient (Wildman–Crippen LogP) is 7.39. The summed E-state index contributed by atoms with van der Waals surface area (Å²) < 4.78 is 5.63. The van der Waals surface area contributed by atoms with E-state index >= 15 is 0 Å². The third-order valence-electron chi connectivity index (χ3n) is 10.6. The molecule has 196 valence electrons. The first-order valence-corrected chi connectivity index (χ1v) is 14.6. The maximum Gasteiger partial charge on any atom is 0.302 e. The van der Waals surface area contributed by atoms with Gasteiger partial charge in [0.25, 0.3) is 0 Å². The van der Waals surface area contributed by atoms with Gasteiger partial charge in [0.05, 0.1) is 0 Å². The SMILES string of the molecule is CCCCCCCCCC(=O)C1C=C2C[C@@H](OC(C)=O)CC[C@]2(C)[C@H]2CC[C@]3(C)C(=O)CC[C@H]3[C@H]12. The Morgan fingerprint density at radius 1 is 0.943 bits per heavy atom. The van der Waals surface area contributed by atoms with Gasteiger partial charge in [-0.25, -0.2) is 0 Å². The van der Waals surface area contributed by atoms with Gasteiger partial charge < -0.3 is 4.74 Å². The summed E-state index contributed by atoms with van der Waals surface area (Å²) in [6.45, 7) is 8.33. The number of unbranched alkanes of at least 4 members (excludes halogenated alkanes) is 6. The molecule has 3 saturated carbocycles. The van der Waals surface area contributed by atoms with Crippen molar-refractivity contribution < 1.29 is 19.1 Å². The van der Waals surface area contributed by atoms with Gasteiger partial charge in [-0.3, -0.25) is 14.4 Å². The van der Waals surface area contributed by atoms with Gasteiger partial charge in [0, 0.05) is 37.5 Å². The highest BCUT2D eigenvalue weighted by molar-refractivity contribution is 5.88. The second-order valence-corrected chi connectivity index (χ2v) is 12.7. The summed E-state index contributed by atoms with van der Waals surface area (Å²) in [7, 11) is 0. The molecule has 1 unspecified atom stereocenters. The fourth-order valence-corrected chi connectivity index (χ4v) is 8.49. The zero-order chi connectivity index (χ0) is 25.2. The first kappa shape index (κ1) is 26.6. The lowest BCUT2D eigenvalue weighted by molar-refractivity contribution is -0.150. The summed E-state index contributed by atoms with van der Waals surface area (Å²) in [4.78, 5) is 38.4. The molecule has 0 bridgehead atoms. The highest BCUT2D eigenvalue weighted by atomic mass is 16.5. The van der Waals surface area contributed by atoms with Crippen LogP contribution in [0.15, 0.2) is 11.6 Å². The monoisotopic (exact) mass is 484 g/mol. The Morgan fingerprint density at radius 3 is 2.31 bits per heavy atom. The highest BCUT2D eigenvalue weighted by Gasteiger charge is 2.61. The first-order valence-electron chi connectivity index (χ1n) is 14.6. The first-order chi connectivity index (χ1) is 16.7. The maximum absolute atomic E-state index is 13.8. The molecule has 0 amide bonds. The van der Waals surface area contributed by atoms with E-state index in [9.17, 15) is 14.4 Å². The number of carbonyl (C=O) groups excluding carboxylic acids is 3. The molecule has 0 radical (unpaired) electrons. The minimum absolute atomic E-state index is 0.0599. The molecule has 0 aromatic rings. The Balaban J connectivity index is 1.54. The van der Waals surface area contributed by atoms with E-state index in [1.165, 1.54) is 44.6 Å². The minimum atomic E-state index is -0.240. The smallest absolute Gasteiger partial charge is 0.302 e. The van der Waals surface area contributed by atoms with Gasteiger partial charge >= 0.3 is 5.97 Å². The molecule has 4 aliphatic rings. The summed E-state index contributed by atoms with van der Waals surface area (Å²) >= 11 is 0. The topological polar surface area (TPSA) is 60.4 Å². The molecular weight excluding hydrogens is 436 g/mol. The lowest BCUT2D eigenvalue weighted by Crippen LogP contribution is -2.54. The van der Waals surface area contributed by atoms with Crippen LogP contribution in [0.1, 0.15) is 124 Å². The average molecular weight is 485 g/mol. The number of allylic oxidation sites excluding steroid dienone is 1. The van der Waals surface area contributed by atoms with E-state index in [4.69, 9.17) is 4.74 Å². The van der Waals surface area contributed by atoms with E-state index < -0.39 is 0 Å². The van der Waals surface area contributed by atoms with Crippen LogP contribution >= 0.6 is 0 Å². The number of hydrogen-bond acceptors (Lipinski definition) is 4. The fourth-order valence-electron chi connectivity index (χ4n) is 8.49.